The van der Waals surface area contributed by atoms with Crippen molar-refractivity contribution in [3.63, 3.8) is 0 Å². The van der Waals surface area contributed by atoms with Crippen LogP contribution >= 0.6 is 0 Å². The van der Waals surface area contributed by atoms with Gasteiger partial charge in [-0.05, 0) is 48.9 Å². The molecule has 6 nitrogen and oxygen atoms in total. The Balaban J connectivity index is 2.30. The number of methoxy groups -OCH3 is 1. The first kappa shape index (κ1) is 18.5. The maximum Gasteiger partial charge on any atom is 0.262 e. The molecule has 0 unspecified atom stereocenters. The predicted molar refractivity (Wildman–Crippen MR) is 97.5 cm³/mol. The van der Waals surface area contributed by atoms with Gasteiger partial charge in [0.25, 0.3) is 15.9 Å². The van der Waals surface area contributed by atoms with Gasteiger partial charge in [-0.15, -0.1) is 6.58 Å². The summed E-state index contributed by atoms with van der Waals surface area (Å²) in [6.07, 6.45) is 1.55. The Kier molecular flexibility index (Phi) is 5.82. The van der Waals surface area contributed by atoms with Crippen molar-refractivity contribution in [2.45, 2.75) is 11.8 Å². The average molecular weight is 360 g/mol. The lowest BCUT2D eigenvalue weighted by Gasteiger charge is -2.12. The van der Waals surface area contributed by atoms with Gasteiger partial charge in [-0.3, -0.25) is 9.52 Å². The molecule has 0 aliphatic heterocycles. The second kappa shape index (κ2) is 7.85. The minimum atomic E-state index is -3.83. The van der Waals surface area contributed by atoms with Crippen LogP contribution in [0.2, 0.25) is 0 Å². The number of ether oxygens (including phenoxy) is 1. The molecular weight excluding hydrogens is 340 g/mol. The molecule has 0 radical (unpaired) electrons. The summed E-state index contributed by atoms with van der Waals surface area (Å²) in [7, 11) is -2.30. The second-order valence-electron chi connectivity index (χ2n) is 5.31. The highest BCUT2D eigenvalue weighted by atomic mass is 32.2. The van der Waals surface area contributed by atoms with Crippen LogP contribution in [0.5, 0.6) is 5.75 Å². The van der Waals surface area contributed by atoms with Gasteiger partial charge in [-0.2, -0.15) is 0 Å². The third-order valence-electron chi connectivity index (χ3n) is 3.49. The molecule has 25 heavy (non-hydrogen) atoms. The highest BCUT2D eigenvalue weighted by molar-refractivity contribution is 7.92. The first-order valence-electron chi connectivity index (χ1n) is 7.54. The number of rotatable bonds is 7. The van der Waals surface area contributed by atoms with Gasteiger partial charge < -0.3 is 10.1 Å². The fourth-order valence-corrected chi connectivity index (χ4v) is 3.50. The second-order valence-corrected chi connectivity index (χ2v) is 6.96. The summed E-state index contributed by atoms with van der Waals surface area (Å²) in [6, 6.07) is 11.1. The summed E-state index contributed by atoms with van der Waals surface area (Å²) in [5.41, 5.74) is 1.21. The number of benzene rings is 2. The summed E-state index contributed by atoms with van der Waals surface area (Å²) in [5, 5.41) is 2.62. The molecule has 0 saturated carbocycles. The van der Waals surface area contributed by atoms with Gasteiger partial charge in [0, 0.05) is 17.8 Å². The van der Waals surface area contributed by atoms with Crippen LogP contribution in [0, 0.1) is 6.92 Å². The molecule has 0 heterocycles. The molecule has 1 amide bonds. The normalized spacial score (nSPS) is 10.8. The van der Waals surface area contributed by atoms with Crippen molar-refractivity contribution in [2.24, 2.45) is 0 Å². The van der Waals surface area contributed by atoms with Gasteiger partial charge >= 0.3 is 0 Å². The van der Waals surface area contributed by atoms with Crippen molar-refractivity contribution < 1.29 is 17.9 Å². The minimum absolute atomic E-state index is 0.0505. The molecule has 0 aromatic heterocycles. The number of anilines is 1. The quantitative estimate of drug-likeness (QED) is 0.744. The summed E-state index contributed by atoms with van der Waals surface area (Å²) < 4.78 is 32.9. The third kappa shape index (κ3) is 4.60. The number of hydrogen-bond acceptors (Lipinski definition) is 4. The predicted octanol–water partition coefficient (Wildman–Crippen LogP) is 2.72. The number of hydrogen-bond donors (Lipinski definition) is 2. The molecule has 0 fully saturated rings. The molecule has 2 aromatic rings. The first-order valence-corrected chi connectivity index (χ1v) is 9.02. The van der Waals surface area contributed by atoms with Crippen molar-refractivity contribution in [3.8, 4) is 5.75 Å². The Hall–Kier alpha value is -2.80. The van der Waals surface area contributed by atoms with Crippen LogP contribution in [-0.2, 0) is 10.0 Å². The Morgan fingerprint density at radius 2 is 1.88 bits per heavy atom. The zero-order valence-electron chi connectivity index (χ0n) is 14.1. The number of amides is 1. The number of carbonyl (C=O) groups excluding carboxylic acids is 1. The van der Waals surface area contributed by atoms with E-state index in [1.807, 2.05) is 0 Å². The Bertz CT molecular complexity index is 874. The summed E-state index contributed by atoms with van der Waals surface area (Å²) in [6.45, 7) is 5.51. The SMILES string of the molecule is C=CCNC(=O)c1ccc(C)c(S(=O)(=O)Nc2ccc(OC)cc2)c1. The van der Waals surface area contributed by atoms with E-state index in [1.165, 1.54) is 13.2 Å². The van der Waals surface area contributed by atoms with E-state index in [2.05, 4.69) is 16.6 Å². The lowest BCUT2D eigenvalue weighted by atomic mass is 10.1. The van der Waals surface area contributed by atoms with Gasteiger partial charge in [0.15, 0.2) is 0 Å². The first-order chi connectivity index (χ1) is 11.9. The molecule has 0 bridgehead atoms. The topological polar surface area (TPSA) is 84.5 Å². The van der Waals surface area contributed by atoms with Crippen LogP contribution in [0.25, 0.3) is 0 Å². The highest BCUT2D eigenvalue weighted by Gasteiger charge is 2.19. The average Bonchev–Trinajstić information content (AvgIpc) is 2.60. The van der Waals surface area contributed by atoms with Crippen LogP contribution in [-0.4, -0.2) is 28.0 Å². The van der Waals surface area contributed by atoms with Gasteiger partial charge in [0.2, 0.25) is 0 Å². The zero-order chi connectivity index (χ0) is 18.4. The van der Waals surface area contributed by atoms with Crippen LogP contribution in [0.3, 0.4) is 0 Å². The molecule has 2 aromatic carbocycles. The Labute approximate surface area is 147 Å². The van der Waals surface area contributed by atoms with Crippen LogP contribution in [0.15, 0.2) is 60.0 Å². The maximum absolute atomic E-state index is 12.7. The van der Waals surface area contributed by atoms with Crippen LogP contribution < -0.4 is 14.8 Å². The van der Waals surface area contributed by atoms with Gasteiger partial charge in [0.1, 0.15) is 5.75 Å². The van der Waals surface area contributed by atoms with E-state index in [0.717, 1.165) is 0 Å². The molecule has 2 rings (SSSR count). The molecule has 132 valence electrons. The Morgan fingerprint density at radius 1 is 1.20 bits per heavy atom. The van der Waals surface area contributed by atoms with E-state index < -0.39 is 10.0 Å². The van der Waals surface area contributed by atoms with Crippen LogP contribution in [0.4, 0.5) is 5.69 Å². The molecular formula is C18H20N2O4S. The van der Waals surface area contributed by atoms with Gasteiger partial charge in [0.05, 0.1) is 12.0 Å². The van der Waals surface area contributed by atoms with Crippen molar-refractivity contribution >= 4 is 21.6 Å². The van der Waals surface area contributed by atoms with E-state index in [1.54, 1.807) is 49.4 Å². The minimum Gasteiger partial charge on any atom is -0.497 e. The van der Waals surface area contributed by atoms with E-state index in [9.17, 15) is 13.2 Å². The molecule has 2 N–H and O–H groups in total. The lowest BCUT2D eigenvalue weighted by molar-refractivity contribution is 0.0958. The number of nitrogens with one attached hydrogen (secondary N) is 2. The molecule has 0 atom stereocenters. The largest absolute Gasteiger partial charge is 0.497 e. The molecule has 7 heteroatoms. The number of carbonyl (C=O) groups is 1. The van der Waals surface area contributed by atoms with Crippen molar-refractivity contribution in [1.29, 1.82) is 0 Å². The maximum atomic E-state index is 12.7. The molecule has 0 spiro atoms. The lowest BCUT2D eigenvalue weighted by Crippen LogP contribution is -2.24. The fourth-order valence-electron chi connectivity index (χ4n) is 2.17. The van der Waals surface area contributed by atoms with E-state index in [4.69, 9.17) is 4.74 Å². The van der Waals surface area contributed by atoms with E-state index in [-0.39, 0.29) is 16.4 Å². The molecule has 0 saturated heterocycles. The Morgan fingerprint density at radius 3 is 2.48 bits per heavy atom. The van der Waals surface area contributed by atoms with Crippen molar-refractivity contribution in [3.05, 3.63) is 66.2 Å². The van der Waals surface area contributed by atoms with Crippen molar-refractivity contribution in [2.75, 3.05) is 18.4 Å². The van der Waals surface area contributed by atoms with E-state index >= 15 is 0 Å². The highest BCUT2D eigenvalue weighted by Crippen LogP contribution is 2.22. The summed E-state index contributed by atoms with van der Waals surface area (Å²) in [5.74, 6) is 0.265. The summed E-state index contributed by atoms with van der Waals surface area (Å²) >= 11 is 0. The monoisotopic (exact) mass is 360 g/mol. The van der Waals surface area contributed by atoms with Gasteiger partial charge in [-0.1, -0.05) is 12.1 Å². The van der Waals surface area contributed by atoms with Gasteiger partial charge in [-0.25, -0.2) is 8.42 Å². The zero-order valence-corrected chi connectivity index (χ0v) is 14.9. The van der Waals surface area contributed by atoms with Crippen molar-refractivity contribution in [1.82, 2.24) is 5.32 Å². The van der Waals surface area contributed by atoms with Crippen LogP contribution in [0.1, 0.15) is 15.9 Å². The number of sulfonamides is 1. The fraction of sp³-hybridized carbons (Fsp3) is 0.167. The molecule has 0 aliphatic carbocycles. The summed E-state index contributed by atoms with van der Waals surface area (Å²) in [4.78, 5) is 12.1. The third-order valence-corrected chi connectivity index (χ3v) is 5.01. The van der Waals surface area contributed by atoms with E-state index in [0.29, 0.717) is 23.5 Å². The smallest absolute Gasteiger partial charge is 0.262 e. The standard InChI is InChI=1S/C18H20N2O4S/c1-4-11-19-18(21)14-6-5-13(2)17(12-14)25(22,23)20-15-7-9-16(24-3)10-8-15/h4-10,12,20H,1,11H2,2-3H3,(H,19,21). The number of aryl methyl sites for hydroxylation is 1. The molecule has 0 aliphatic rings.